The number of nitrogens with two attached hydrogens (primary N) is 1. The number of nitrogens with one attached hydrogen (secondary N) is 2. The summed E-state index contributed by atoms with van der Waals surface area (Å²) in [5.41, 5.74) is 8.62. The van der Waals surface area contributed by atoms with Crippen LogP contribution in [-0.4, -0.2) is 24.4 Å². The van der Waals surface area contributed by atoms with Gasteiger partial charge < -0.3 is 16.4 Å². The summed E-state index contributed by atoms with van der Waals surface area (Å²) in [5.74, 6) is 1.07. The summed E-state index contributed by atoms with van der Waals surface area (Å²) in [6.07, 6.45) is 7.86. The standard InChI is InChI=1S/C24H37N3O2.ClH/c1-16(2)17-7-9-18(10-8-17)22(25)15-26-23(28)20-11-13-21(14-12-20)27-24(29)19-5-3-4-6-19;/h7-10,16,19-22H,3-6,11-15,25H2,1-2H3,(H,26,28)(H,27,29);1H. The largest absolute Gasteiger partial charge is 0.354 e. The van der Waals surface area contributed by atoms with Crippen molar-refractivity contribution >= 4 is 24.2 Å². The zero-order valence-corrected chi connectivity index (χ0v) is 19.2. The molecule has 6 heteroatoms. The van der Waals surface area contributed by atoms with Crippen LogP contribution in [0.1, 0.15) is 88.3 Å². The van der Waals surface area contributed by atoms with Gasteiger partial charge in [0.1, 0.15) is 0 Å². The van der Waals surface area contributed by atoms with E-state index in [2.05, 4.69) is 48.7 Å². The number of halogens is 1. The van der Waals surface area contributed by atoms with E-state index >= 15 is 0 Å². The van der Waals surface area contributed by atoms with Gasteiger partial charge in [-0.25, -0.2) is 0 Å². The van der Waals surface area contributed by atoms with Crippen LogP contribution in [0.2, 0.25) is 0 Å². The lowest BCUT2D eigenvalue weighted by molar-refractivity contribution is -0.126. The Balaban J connectivity index is 0.00000320. The Morgan fingerprint density at radius 3 is 2.00 bits per heavy atom. The maximum absolute atomic E-state index is 12.6. The number of hydrogen-bond donors (Lipinski definition) is 3. The second-order valence-corrected chi connectivity index (χ2v) is 9.21. The number of benzene rings is 1. The van der Waals surface area contributed by atoms with Crippen molar-refractivity contribution in [2.24, 2.45) is 17.6 Å². The lowest BCUT2D eigenvalue weighted by atomic mass is 9.85. The zero-order valence-electron chi connectivity index (χ0n) is 18.4. The molecular formula is C24H38ClN3O2. The average molecular weight is 436 g/mol. The second kappa shape index (κ2) is 11.7. The van der Waals surface area contributed by atoms with Gasteiger partial charge in [-0.15, -0.1) is 12.4 Å². The average Bonchev–Trinajstić information content (AvgIpc) is 3.27. The van der Waals surface area contributed by atoms with E-state index in [0.29, 0.717) is 12.5 Å². The van der Waals surface area contributed by atoms with Gasteiger partial charge in [-0.1, -0.05) is 51.0 Å². The summed E-state index contributed by atoms with van der Waals surface area (Å²) >= 11 is 0. The number of amides is 2. The molecule has 2 fully saturated rings. The highest BCUT2D eigenvalue weighted by Gasteiger charge is 2.29. The van der Waals surface area contributed by atoms with Gasteiger partial charge in [-0.3, -0.25) is 9.59 Å². The predicted molar refractivity (Wildman–Crippen MR) is 124 cm³/mol. The fraction of sp³-hybridized carbons (Fsp3) is 0.667. The fourth-order valence-electron chi connectivity index (χ4n) is 4.61. The Labute approximate surface area is 187 Å². The third-order valence-corrected chi connectivity index (χ3v) is 6.70. The van der Waals surface area contributed by atoms with E-state index in [4.69, 9.17) is 5.73 Å². The van der Waals surface area contributed by atoms with Crippen LogP contribution in [0.3, 0.4) is 0 Å². The van der Waals surface area contributed by atoms with Crippen LogP contribution < -0.4 is 16.4 Å². The van der Waals surface area contributed by atoms with Crippen LogP contribution in [0.4, 0.5) is 0 Å². The summed E-state index contributed by atoms with van der Waals surface area (Å²) in [4.78, 5) is 24.9. The molecule has 0 bridgehead atoms. The molecule has 0 saturated heterocycles. The predicted octanol–water partition coefficient (Wildman–Crippen LogP) is 4.21. The van der Waals surface area contributed by atoms with E-state index in [1.807, 2.05) is 0 Å². The first kappa shape index (κ1) is 24.7. The summed E-state index contributed by atoms with van der Waals surface area (Å²) in [6, 6.07) is 8.39. The first-order valence-corrected chi connectivity index (χ1v) is 11.4. The zero-order chi connectivity index (χ0) is 20.8. The van der Waals surface area contributed by atoms with E-state index in [0.717, 1.165) is 44.1 Å². The number of carbonyl (C=O) groups excluding carboxylic acids is 2. The van der Waals surface area contributed by atoms with Gasteiger partial charge in [-0.05, 0) is 55.6 Å². The lowest BCUT2D eigenvalue weighted by Gasteiger charge is -2.29. The molecule has 2 amide bonds. The molecule has 0 aliphatic heterocycles. The van der Waals surface area contributed by atoms with E-state index in [1.54, 1.807) is 0 Å². The molecule has 0 spiro atoms. The Kier molecular flexibility index (Phi) is 9.63. The molecule has 2 saturated carbocycles. The van der Waals surface area contributed by atoms with Gasteiger partial charge in [0.15, 0.2) is 0 Å². The number of carbonyl (C=O) groups is 2. The summed E-state index contributed by atoms with van der Waals surface area (Å²) in [7, 11) is 0. The normalized spacial score (nSPS) is 22.9. The van der Waals surface area contributed by atoms with Crippen LogP contribution >= 0.6 is 12.4 Å². The number of rotatable bonds is 7. The van der Waals surface area contributed by atoms with Crippen LogP contribution in [0.15, 0.2) is 24.3 Å². The van der Waals surface area contributed by atoms with E-state index in [1.165, 1.54) is 18.4 Å². The van der Waals surface area contributed by atoms with E-state index in [-0.39, 0.29) is 48.1 Å². The minimum absolute atomic E-state index is 0. The Morgan fingerprint density at radius 1 is 0.900 bits per heavy atom. The highest BCUT2D eigenvalue weighted by molar-refractivity contribution is 5.85. The van der Waals surface area contributed by atoms with Crippen molar-refractivity contribution in [3.05, 3.63) is 35.4 Å². The van der Waals surface area contributed by atoms with Crippen LogP contribution in [0.5, 0.6) is 0 Å². The first-order chi connectivity index (χ1) is 13.9. The minimum Gasteiger partial charge on any atom is -0.354 e. The molecule has 3 rings (SSSR count). The summed E-state index contributed by atoms with van der Waals surface area (Å²) < 4.78 is 0. The van der Waals surface area contributed by atoms with Crippen molar-refractivity contribution < 1.29 is 9.59 Å². The number of hydrogen-bond acceptors (Lipinski definition) is 3. The van der Waals surface area contributed by atoms with Crippen molar-refractivity contribution in [1.82, 2.24) is 10.6 Å². The van der Waals surface area contributed by atoms with E-state index in [9.17, 15) is 9.59 Å². The smallest absolute Gasteiger partial charge is 0.223 e. The molecular weight excluding hydrogens is 398 g/mol. The topological polar surface area (TPSA) is 84.2 Å². The molecule has 5 nitrogen and oxygen atoms in total. The molecule has 2 aliphatic rings. The minimum atomic E-state index is -0.192. The van der Waals surface area contributed by atoms with Gasteiger partial charge in [0.25, 0.3) is 0 Å². The molecule has 1 unspecified atom stereocenters. The van der Waals surface area contributed by atoms with Crippen molar-refractivity contribution in [2.75, 3.05) is 6.54 Å². The van der Waals surface area contributed by atoms with Crippen LogP contribution in [0.25, 0.3) is 0 Å². The molecule has 0 heterocycles. The third kappa shape index (κ3) is 6.71. The van der Waals surface area contributed by atoms with Gasteiger partial charge in [0.05, 0.1) is 0 Å². The second-order valence-electron chi connectivity index (χ2n) is 9.21. The summed E-state index contributed by atoms with van der Waals surface area (Å²) in [6.45, 7) is 4.80. The van der Waals surface area contributed by atoms with Gasteiger partial charge in [0, 0.05) is 30.5 Å². The van der Waals surface area contributed by atoms with Crippen LogP contribution in [-0.2, 0) is 9.59 Å². The quantitative estimate of drug-likeness (QED) is 0.599. The third-order valence-electron chi connectivity index (χ3n) is 6.70. The monoisotopic (exact) mass is 435 g/mol. The van der Waals surface area contributed by atoms with Crippen molar-refractivity contribution in [3.63, 3.8) is 0 Å². The SMILES string of the molecule is CC(C)c1ccc(C(N)CNC(=O)C2CCC(NC(=O)C3CCCC3)CC2)cc1.Cl. The van der Waals surface area contributed by atoms with Gasteiger partial charge in [-0.2, -0.15) is 0 Å². The maximum Gasteiger partial charge on any atom is 0.223 e. The highest BCUT2D eigenvalue weighted by atomic mass is 35.5. The molecule has 1 aromatic rings. The van der Waals surface area contributed by atoms with Gasteiger partial charge >= 0.3 is 0 Å². The highest BCUT2D eigenvalue weighted by Crippen LogP contribution is 2.28. The summed E-state index contributed by atoms with van der Waals surface area (Å²) in [5, 5.41) is 6.25. The Bertz CT molecular complexity index is 678. The van der Waals surface area contributed by atoms with Crippen molar-refractivity contribution in [1.29, 1.82) is 0 Å². The molecule has 0 radical (unpaired) electrons. The Hall–Kier alpha value is -1.59. The van der Waals surface area contributed by atoms with E-state index < -0.39 is 0 Å². The lowest BCUT2D eigenvalue weighted by Crippen LogP contribution is -2.43. The molecule has 30 heavy (non-hydrogen) atoms. The Morgan fingerprint density at radius 2 is 1.43 bits per heavy atom. The maximum atomic E-state index is 12.6. The van der Waals surface area contributed by atoms with Gasteiger partial charge in [0.2, 0.25) is 11.8 Å². The molecule has 1 aromatic carbocycles. The molecule has 168 valence electrons. The fourth-order valence-corrected chi connectivity index (χ4v) is 4.61. The molecule has 1 atom stereocenters. The van der Waals surface area contributed by atoms with Crippen LogP contribution in [0, 0.1) is 11.8 Å². The molecule has 4 N–H and O–H groups in total. The molecule has 2 aliphatic carbocycles. The van der Waals surface area contributed by atoms with Crippen molar-refractivity contribution in [3.8, 4) is 0 Å². The molecule has 0 aromatic heterocycles. The first-order valence-electron chi connectivity index (χ1n) is 11.4. The van der Waals surface area contributed by atoms with Crippen molar-refractivity contribution in [2.45, 2.75) is 83.2 Å².